The van der Waals surface area contributed by atoms with Crippen LogP contribution in [0.15, 0.2) is 95.7 Å². The smallest absolute Gasteiger partial charge is 0.293 e. The van der Waals surface area contributed by atoms with Gasteiger partial charge >= 0.3 is 0 Å². The van der Waals surface area contributed by atoms with Gasteiger partial charge in [-0.25, -0.2) is 31.5 Å². The number of nitro groups is 1. The summed E-state index contributed by atoms with van der Waals surface area (Å²) in [4.78, 5) is 38.9. The highest BCUT2D eigenvalue weighted by Crippen LogP contribution is 2.43. The number of sulfonamides is 2. The van der Waals surface area contributed by atoms with Crippen LogP contribution in [0.3, 0.4) is 0 Å². The summed E-state index contributed by atoms with van der Waals surface area (Å²) < 4.78 is 62.7. The normalized spacial score (nSPS) is 18.7. The molecule has 67 heavy (non-hydrogen) atoms. The Morgan fingerprint density at radius 2 is 1.78 bits per heavy atom. The van der Waals surface area contributed by atoms with Crippen molar-refractivity contribution in [3.8, 4) is 5.69 Å². The standard InChI is InChI=1S/C46H51ClN10O8S2/c1-46(2)14-12-32(38(25-46)30-4-6-33(47)7-5-30)28-53-16-18-54(19-17-53)34-8-10-37(41(23-34)56-42-22-31-13-15-48-44(31)51-40(42)27-50-56)45(58)52-67(63,64)36-9-11-39(43(24-36)57(59)60)49-26-35-29-55(20-21-65-35)66(3,61)62/h4-11,13,15,22-24,27,35,49-50H,12,14,16-21,25-26,28-29H2,1-3H3,(H,52,58). The molecule has 3 N–H and O–H groups in total. The number of benzene rings is 3. The van der Waals surface area contributed by atoms with Gasteiger partial charge in [-0.2, -0.15) is 4.31 Å². The molecular formula is C46H51ClN10O8S2. The fourth-order valence-electron chi connectivity index (χ4n) is 9.16. The molecule has 0 spiro atoms. The lowest BCUT2D eigenvalue weighted by atomic mass is 9.72. The molecule has 2 saturated heterocycles. The molecule has 1 atom stereocenters. The topological polar surface area (TPSA) is 218 Å². The van der Waals surface area contributed by atoms with Gasteiger partial charge in [0, 0.05) is 86.9 Å². The molecule has 0 saturated carbocycles. The zero-order valence-electron chi connectivity index (χ0n) is 37.2. The second-order valence-electron chi connectivity index (χ2n) is 18.1. The number of carbonyl (C=O) groups excluding carboxylic acids is 1. The van der Waals surface area contributed by atoms with E-state index in [2.05, 4.69) is 60.9 Å². The molecule has 1 unspecified atom stereocenters. The van der Waals surface area contributed by atoms with Crippen LogP contribution in [0.1, 0.15) is 49.0 Å². The zero-order chi connectivity index (χ0) is 47.3. The monoisotopic (exact) mass is 970 g/mol. The van der Waals surface area contributed by atoms with Gasteiger partial charge in [-0.15, -0.1) is 0 Å². The number of carbonyl (C=O) groups is 1. The lowest BCUT2D eigenvalue weighted by molar-refractivity contribution is -0.384. The van der Waals surface area contributed by atoms with Crippen LogP contribution in [0.2, 0.25) is 5.02 Å². The largest absolute Gasteiger partial charge is 0.377 e. The molecule has 3 aliphatic rings. The van der Waals surface area contributed by atoms with E-state index in [1.165, 1.54) is 27.1 Å². The number of halogens is 1. The number of nitro benzene ring substituents is 1. The maximum absolute atomic E-state index is 14.2. The van der Waals surface area contributed by atoms with E-state index < -0.39 is 47.6 Å². The number of amides is 1. The Kier molecular flexibility index (Phi) is 12.6. The highest BCUT2D eigenvalue weighted by atomic mass is 35.5. The van der Waals surface area contributed by atoms with Crippen molar-refractivity contribution in [1.82, 2.24) is 33.7 Å². The van der Waals surface area contributed by atoms with Crippen LogP contribution >= 0.6 is 11.6 Å². The van der Waals surface area contributed by atoms with Gasteiger partial charge in [-0.05, 0) is 90.4 Å². The molecule has 0 radical (unpaired) electrons. The first-order chi connectivity index (χ1) is 31.9. The van der Waals surface area contributed by atoms with E-state index in [0.717, 1.165) is 73.4 Å². The second-order valence-corrected chi connectivity index (χ2v) is 22.2. The summed E-state index contributed by atoms with van der Waals surface area (Å²) >= 11 is 6.26. The Balaban J connectivity index is 0.962. The third kappa shape index (κ3) is 10.0. The summed E-state index contributed by atoms with van der Waals surface area (Å²) in [6, 6.07) is 20.3. The van der Waals surface area contributed by atoms with Crippen molar-refractivity contribution in [3.63, 3.8) is 0 Å². The molecule has 3 aromatic heterocycles. The summed E-state index contributed by atoms with van der Waals surface area (Å²) in [6.45, 7) is 8.95. The van der Waals surface area contributed by atoms with E-state index in [1.807, 2.05) is 30.3 Å². The Labute approximate surface area is 393 Å². The predicted molar refractivity (Wildman–Crippen MR) is 258 cm³/mol. The molecular weight excluding hydrogens is 920 g/mol. The highest BCUT2D eigenvalue weighted by Gasteiger charge is 2.32. The van der Waals surface area contributed by atoms with E-state index in [9.17, 15) is 31.7 Å². The summed E-state index contributed by atoms with van der Waals surface area (Å²) in [5.41, 5.74) is 6.67. The molecule has 352 valence electrons. The minimum Gasteiger partial charge on any atom is -0.377 e. The minimum absolute atomic E-state index is 0.00960. The number of piperazine rings is 1. The van der Waals surface area contributed by atoms with Gasteiger partial charge < -0.3 is 15.0 Å². The van der Waals surface area contributed by atoms with Gasteiger partial charge in [-0.1, -0.05) is 43.2 Å². The number of H-pyrrole nitrogens is 1. The Hall–Kier alpha value is -5.90. The number of pyridine rings is 1. The average Bonchev–Trinajstić information content (AvgIpc) is 3.94. The molecule has 3 aromatic carbocycles. The van der Waals surface area contributed by atoms with Crippen LogP contribution in [-0.2, 0) is 24.8 Å². The fraction of sp³-hybridized carbons (Fsp3) is 0.370. The van der Waals surface area contributed by atoms with Crippen molar-refractivity contribution in [1.29, 1.82) is 0 Å². The molecule has 21 heteroatoms. The van der Waals surface area contributed by atoms with Crippen LogP contribution in [0.4, 0.5) is 17.1 Å². The maximum Gasteiger partial charge on any atom is 0.293 e. The lowest BCUT2D eigenvalue weighted by Crippen LogP contribution is -2.47. The van der Waals surface area contributed by atoms with Crippen molar-refractivity contribution in [2.75, 3.05) is 75.4 Å². The van der Waals surface area contributed by atoms with Crippen molar-refractivity contribution < 1.29 is 31.3 Å². The van der Waals surface area contributed by atoms with Gasteiger partial charge in [0.1, 0.15) is 11.2 Å². The van der Waals surface area contributed by atoms with Gasteiger partial charge in [0.15, 0.2) is 5.65 Å². The van der Waals surface area contributed by atoms with Crippen molar-refractivity contribution in [2.45, 2.75) is 44.1 Å². The van der Waals surface area contributed by atoms with E-state index in [1.54, 1.807) is 29.2 Å². The van der Waals surface area contributed by atoms with E-state index in [-0.39, 0.29) is 42.9 Å². The first kappa shape index (κ1) is 46.2. The van der Waals surface area contributed by atoms with Gasteiger partial charge in [-0.3, -0.25) is 29.6 Å². The second kappa shape index (κ2) is 18.3. The number of aromatic nitrogens is 4. The van der Waals surface area contributed by atoms with E-state index in [0.29, 0.717) is 35.5 Å². The van der Waals surface area contributed by atoms with Crippen LogP contribution in [0.5, 0.6) is 0 Å². The van der Waals surface area contributed by atoms with Gasteiger partial charge in [0.05, 0.1) is 45.6 Å². The SMILES string of the molecule is CC1(C)CCC(CN2CCN(c3ccc(C(=O)NS(=O)(=O)c4ccc(NCC5CN(S(C)(=O)=O)CCO5)c([N+](=O)[O-])c4)c(-n4[nH]cc5nc6nccc6cc54)c3)CC2)=C(c2ccc(Cl)cc2)C1. The third-order valence-corrected chi connectivity index (χ3v) is 15.7. The van der Waals surface area contributed by atoms with Crippen LogP contribution in [0, 0.1) is 15.5 Å². The molecule has 1 amide bonds. The first-order valence-electron chi connectivity index (χ1n) is 22.0. The number of anilines is 2. The van der Waals surface area contributed by atoms with Crippen LogP contribution in [0.25, 0.3) is 33.3 Å². The van der Waals surface area contributed by atoms with Crippen molar-refractivity contribution in [2.24, 2.45) is 5.41 Å². The summed E-state index contributed by atoms with van der Waals surface area (Å²) in [7, 11) is -8.14. The number of nitrogens with one attached hydrogen (secondary N) is 3. The molecule has 6 aromatic rings. The Bertz CT molecular complexity index is 3150. The zero-order valence-corrected chi connectivity index (χ0v) is 39.6. The minimum atomic E-state index is -4.66. The number of nitrogens with zero attached hydrogens (tertiary/aromatic N) is 7. The summed E-state index contributed by atoms with van der Waals surface area (Å²) in [5.74, 6) is -0.958. The molecule has 0 bridgehead atoms. The highest BCUT2D eigenvalue weighted by molar-refractivity contribution is 7.90. The predicted octanol–water partition coefficient (Wildman–Crippen LogP) is 6.44. The summed E-state index contributed by atoms with van der Waals surface area (Å²) in [5, 5.41) is 19.8. The molecule has 1 aliphatic carbocycles. The van der Waals surface area contributed by atoms with E-state index in [4.69, 9.17) is 16.3 Å². The number of allylic oxidation sites excluding steroid dienone is 1. The maximum atomic E-state index is 14.2. The Morgan fingerprint density at radius 3 is 2.52 bits per heavy atom. The van der Waals surface area contributed by atoms with Crippen LogP contribution < -0.4 is 14.9 Å². The fourth-order valence-corrected chi connectivity index (χ4v) is 11.1. The Morgan fingerprint density at radius 1 is 1.00 bits per heavy atom. The molecule has 9 rings (SSSR count). The van der Waals surface area contributed by atoms with Crippen LogP contribution in [-0.4, -0.2) is 128 Å². The van der Waals surface area contributed by atoms with Crippen molar-refractivity contribution >= 4 is 82.3 Å². The number of ether oxygens (including phenoxy) is 1. The van der Waals surface area contributed by atoms with Gasteiger partial charge in [0.2, 0.25) is 10.0 Å². The number of aromatic amines is 1. The van der Waals surface area contributed by atoms with Gasteiger partial charge in [0.25, 0.3) is 21.6 Å². The third-order valence-electron chi connectivity index (χ3n) is 12.9. The number of fused-ring (bicyclic) bond motifs is 2. The number of hydrogen-bond donors (Lipinski definition) is 3. The molecule has 18 nitrogen and oxygen atoms in total. The summed E-state index contributed by atoms with van der Waals surface area (Å²) in [6.07, 6.45) is 6.98. The lowest BCUT2D eigenvalue weighted by Gasteiger charge is -2.39. The first-order valence-corrected chi connectivity index (χ1v) is 25.7. The average molecular weight is 972 g/mol. The van der Waals surface area contributed by atoms with E-state index >= 15 is 0 Å². The number of morpholine rings is 1. The molecule has 2 fully saturated rings. The van der Waals surface area contributed by atoms with Crippen molar-refractivity contribution in [3.05, 3.63) is 117 Å². The quantitative estimate of drug-likeness (QED) is 0.0840. The molecule has 2 aliphatic heterocycles. The number of hydrogen-bond acceptors (Lipinski definition) is 13. The molecule has 5 heterocycles. The number of rotatable bonds is 13.